The summed E-state index contributed by atoms with van der Waals surface area (Å²) in [6, 6.07) is 4.97. The van der Waals surface area contributed by atoms with Crippen molar-refractivity contribution in [3.63, 3.8) is 0 Å². The highest BCUT2D eigenvalue weighted by Crippen LogP contribution is 2.37. The van der Waals surface area contributed by atoms with Crippen LogP contribution in [-0.2, 0) is 4.74 Å². The van der Waals surface area contributed by atoms with E-state index in [4.69, 9.17) is 4.74 Å². The van der Waals surface area contributed by atoms with Gasteiger partial charge in [-0.25, -0.2) is 0 Å². The first-order chi connectivity index (χ1) is 10.1. The Morgan fingerprint density at radius 1 is 1.43 bits per heavy atom. The number of nitro groups is 1. The van der Waals surface area contributed by atoms with Crippen molar-refractivity contribution in [2.75, 3.05) is 18.1 Å². The van der Waals surface area contributed by atoms with Crippen molar-refractivity contribution in [1.29, 1.82) is 0 Å². The van der Waals surface area contributed by atoms with Gasteiger partial charge in [0.15, 0.2) is 5.78 Å². The third-order valence-corrected chi connectivity index (χ3v) is 4.37. The summed E-state index contributed by atoms with van der Waals surface area (Å²) >= 11 is 0. The number of carbonyl (C=O) groups is 1. The first kappa shape index (κ1) is 14.0. The molecule has 1 aromatic rings. The van der Waals surface area contributed by atoms with E-state index in [2.05, 4.69) is 4.90 Å². The average molecular weight is 290 g/mol. The van der Waals surface area contributed by atoms with Crippen LogP contribution in [0.25, 0.3) is 0 Å². The lowest BCUT2D eigenvalue weighted by Gasteiger charge is -2.39. The van der Waals surface area contributed by atoms with E-state index in [1.54, 1.807) is 12.1 Å². The van der Waals surface area contributed by atoms with Crippen LogP contribution in [0.4, 0.5) is 11.4 Å². The van der Waals surface area contributed by atoms with Gasteiger partial charge in [0, 0.05) is 18.2 Å². The largest absolute Gasteiger partial charge is 0.374 e. The molecule has 2 unspecified atom stereocenters. The zero-order chi connectivity index (χ0) is 15.0. The van der Waals surface area contributed by atoms with Crippen LogP contribution in [0.1, 0.15) is 36.5 Å². The molecule has 0 radical (unpaired) electrons. The zero-order valence-corrected chi connectivity index (χ0v) is 11.9. The number of ketones is 1. The van der Waals surface area contributed by atoms with Crippen LogP contribution >= 0.6 is 0 Å². The van der Waals surface area contributed by atoms with Gasteiger partial charge < -0.3 is 9.64 Å². The van der Waals surface area contributed by atoms with Crippen molar-refractivity contribution in [2.45, 2.75) is 38.3 Å². The summed E-state index contributed by atoms with van der Waals surface area (Å²) in [7, 11) is 0. The maximum Gasteiger partial charge on any atom is 0.293 e. The van der Waals surface area contributed by atoms with Crippen molar-refractivity contribution in [3.8, 4) is 0 Å². The second kappa shape index (κ2) is 5.44. The number of anilines is 1. The van der Waals surface area contributed by atoms with E-state index in [1.807, 2.05) is 0 Å². The van der Waals surface area contributed by atoms with Gasteiger partial charge in [-0.3, -0.25) is 14.9 Å². The predicted octanol–water partition coefficient (Wildman–Crippen LogP) is 2.56. The number of carbonyl (C=O) groups excluding carboxylic acids is 1. The Labute approximate surface area is 122 Å². The van der Waals surface area contributed by atoms with Gasteiger partial charge >= 0.3 is 0 Å². The van der Waals surface area contributed by atoms with Crippen molar-refractivity contribution >= 4 is 17.2 Å². The molecule has 0 amide bonds. The number of ether oxygens (including phenoxy) is 1. The van der Waals surface area contributed by atoms with Gasteiger partial charge in [0.25, 0.3) is 5.69 Å². The molecule has 1 saturated carbocycles. The number of nitro benzene ring substituents is 1. The quantitative estimate of drug-likeness (QED) is 0.486. The van der Waals surface area contributed by atoms with Crippen molar-refractivity contribution in [1.82, 2.24) is 0 Å². The molecule has 0 bridgehead atoms. The molecule has 3 rings (SSSR count). The molecule has 6 nitrogen and oxygen atoms in total. The standard InChI is InChI=1S/C15H18N2O4/c1-10(18)11-5-6-12(14(9-11)17(19)20)16-7-8-21-15-4-2-3-13(15)16/h5-6,9,13,15H,2-4,7-8H2,1H3. The summed E-state index contributed by atoms with van der Waals surface area (Å²) in [5.74, 6) is -0.162. The number of morpholine rings is 1. The Bertz CT molecular complexity index is 587. The lowest BCUT2D eigenvalue weighted by atomic mass is 10.1. The third kappa shape index (κ3) is 2.51. The minimum atomic E-state index is -0.402. The molecule has 0 spiro atoms. The van der Waals surface area contributed by atoms with E-state index in [0.29, 0.717) is 24.4 Å². The van der Waals surface area contributed by atoms with E-state index in [0.717, 1.165) is 19.3 Å². The van der Waals surface area contributed by atoms with Crippen LogP contribution in [0.15, 0.2) is 18.2 Å². The molecule has 1 saturated heterocycles. The average Bonchev–Trinajstić information content (AvgIpc) is 2.94. The number of hydrogen-bond acceptors (Lipinski definition) is 5. The normalized spacial score (nSPS) is 24.7. The van der Waals surface area contributed by atoms with Gasteiger partial charge in [0.05, 0.1) is 23.7 Å². The lowest BCUT2D eigenvalue weighted by Crippen LogP contribution is -2.48. The molecule has 21 heavy (non-hydrogen) atoms. The summed E-state index contributed by atoms with van der Waals surface area (Å²) in [4.78, 5) is 24.5. The Hall–Kier alpha value is -1.95. The molecule has 6 heteroatoms. The van der Waals surface area contributed by atoms with Crippen LogP contribution < -0.4 is 4.90 Å². The fourth-order valence-electron chi connectivity index (χ4n) is 3.36. The number of hydrogen-bond donors (Lipinski definition) is 0. The highest BCUT2D eigenvalue weighted by Gasteiger charge is 2.38. The van der Waals surface area contributed by atoms with Crippen LogP contribution in [-0.4, -0.2) is 36.0 Å². The molecular weight excluding hydrogens is 272 g/mol. The molecule has 1 aromatic carbocycles. The number of Topliss-reactive ketones (excluding diaryl/α,β-unsaturated/α-hetero) is 1. The molecule has 0 aromatic heterocycles. The number of fused-ring (bicyclic) bond motifs is 1. The van der Waals surface area contributed by atoms with E-state index >= 15 is 0 Å². The minimum absolute atomic E-state index is 0.00949. The molecule has 1 heterocycles. The SMILES string of the molecule is CC(=O)c1ccc(N2CCOC3CCCC32)c([N+](=O)[O-])c1. The Morgan fingerprint density at radius 3 is 2.95 bits per heavy atom. The highest BCUT2D eigenvalue weighted by atomic mass is 16.6. The maximum absolute atomic E-state index is 11.4. The molecule has 2 aliphatic rings. The van der Waals surface area contributed by atoms with E-state index in [9.17, 15) is 14.9 Å². The number of rotatable bonds is 3. The Morgan fingerprint density at radius 2 is 2.24 bits per heavy atom. The summed E-state index contributed by atoms with van der Waals surface area (Å²) in [6.07, 6.45) is 3.27. The Balaban J connectivity index is 2.00. The molecule has 2 atom stereocenters. The smallest absolute Gasteiger partial charge is 0.293 e. The fraction of sp³-hybridized carbons (Fsp3) is 0.533. The summed E-state index contributed by atoms with van der Waals surface area (Å²) in [6.45, 7) is 2.66. The maximum atomic E-state index is 11.4. The minimum Gasteiger partial charge on any atom is -0.374 e. The van der Waals surface area contributed by atoms with Crippen LogP contribution in [0.5, 0.6) is 0 Å². The van der Waals surface area contributed by atoms with Gasteiger partial charge in [0.1, 0.15) is 5.69 Å². The van der Waals surface area contributed by atoms with Gasteiger partial charge in [-0.15, -0.1) is 0 Å². The molecular formula is C15H18N2O4. The van der Waals surface area contributed by atoms with Gasteiger partial charge in [-0.05, 0) is 38.3 Å². The van der Waals surface area contributed by atoms with E-state index < -0.39 is 4.92 Å². The first-order valence-electron chi connectivity index (χ1n) is 7.25. The second-order valence-corrected chi connectivity index (χ2v) is 5.62. The van der Waals surface area contributed by atoms with Gasteiger partial charge in [0.2, 0.25) is 0 Å². The molecule has 1 aliphatic heterocycles. The fourth-order valence-corrected chi connectivity index (χ4v) is 3.36. The van der Waals surface area contributed by atoms with Crippen molar-refractivity contribution in [3.05, 3.63) is 33.9 Å². The zero-order valence-electron chi connectivity index (χ0n) is 11.9. The monoisotopic (exact) mass is 290 g/mol. The van der Waals surface area contributed by atoms with Gasteiger partial charge in [-0.1, -0.05) is 0 Å². The summed E-state index contributed by atoms with van der Waals surface area (Å²) in [5.41, 5.74) is 0.988. The van der Waals surface area contributed by atoms with Crippen LogP contribution in [0, 0.1) is 10.1 Å². The van der Waals surface area contributed by atoms with E-state index in [-0.39, 0.29) is 23.6 Å². The number of benzene rings is 1. The highest BCUT2D eigenvalue weighted by molar-refractivity contribution is 5.95. The van der Waals surface area contributed by atoms with Crippen LogP contribution in [0.3, 0.4) is 0 Å². The number of nitrogens with zero attached hydrogens (tertiary/aromatic N) is 2. The van der Waals surface area contributed by atoms with Crippen LogP contribution in [0.2, 0.25) is 0 Å². The molecule has 2 fully saturated rings. The Kier molecular flexibility index (Phi) is 3.63. The molecule has 0 N–H and O–H groups in total. The predicted molar refractivity (Wildman–Crippen MR) is 77.8 cm³/mol. The second-order valence-electron chi connectivity index (χ2n) is 5.62. The van der Waals surface area contributed by atoms with E-state index in [1.165, 1.54) is 13.0 Å². The van der Waals surface area contributed by atoms with Gasteiger partial charge in [-0.2, -0.15) is 0 Å². The summed E-state index contributed by atoms with van der Waals surface area (Å²) < 4.78 is 5.75. The third-order valence-electron chi connectivity index (χ3n) is 4.37. The topological polar surface area (TPSA) is 72.7 Å². The van der Waals surface area contributed by atoms with Crippen molar-refractivity contribution < 1.29 is 14.5 Å². The lowest BCUT2D eigenvalue weighted by molar-refractivity contribution is -0.384. The first-order valence-corrected chi connectivity index (χ1v) is 7.25. The summed E-state index contributed by atoms with van der Waals surface area (Å²) in [5, 5.41) is 11.4. The van der Waals surface area contributed by atoms with Crippen molar-refractivity contribution in [2.24, 2.45) is 0 Å². The molecule has 112 valence electrons. The molecule has 1 aliphatic carbocycles.